The van der Waals surface area contributed by atoms with Crippen molar-refractivity contribution in [1.82, 2.24) is 20.2 Å². The summed E-state index contributed by atoms with van der Waals surface area (Å²) in [5, 5.41) is 6.45. The monoisotopic (exact) mass is 322 g/mol. The maximum Gasteiger partial charge on any atom is 0.407 e. The second-order valence-corrected chi connectivity index (χ2v) is 7.30. The highest BCUT2D eigenvalue weighted by Crippen LogP contribution is 2.32. The number of hydrogen-bond donors (Lipinski definition) is 2. The smallest absolute Gasteiger partial charge is 0.407 e. The molecule has 130 valence electrons. The van der Waals surface area contributed by atoms with Crippen LogP contribution in [0.5, 0.6) is 0 Å². The van der Waals surface area contributed by atoms with Crippen molar-refractivity contribution in [3.05, 3.63) is 18.2 Å². The molecular weight excluding hydrogens is 292 g/mol. The Bertz CT molecular complexity index is 503. The highest BCUT2D eigenvalue weighted by Gasteiger charge is 2.33. The lowest BCUT2D eigenvalue weighted by Gasteiger charge is -2.24. The van der Waals surface area contributed by atoms with E-state index in [4.69, 9.17) is 4.74 Å². The molecule has 1 fully saturated rings. The Balaban J connectivity index is 1.79. The number of carbonyl (C=O) groups excluding carboxylic acids is 1. The SMILES string of the molecule is CCCn1cncc1CNCC(NC(=O)OC(C)(C)C)C1CC1. The minimum atomic E-state index is -0.460. The van der Waals surface area contributed by atoms with Crippen molar-refractivity contribution in [1.29, 1.82) is 0 Å². The molecule has 0 bridgehead atoms. The molecule has 1 aliphatic carbocycles. The number of carbonyl (C=O) groups is 1. The molecule has 2 rings (SSSR count). The Labute approximate surface area is 139 Å². The predicted octanol–water partition coefficient (Wildman–Crippen LogP) is 2.69. The summed E-state index contributed by atoms with van der Waals surface area (Å²) in [6.07, 6.45) is 6.89. The van der Waals surface area contributed by atoms with E-state index in [1.54, 1.807) is 0 Å². The molecule has 1 amide bonds. The quantitative estimate of drug-likeness (QED) is 0.772. The van der Waals surface area contributed by atoms with Crippen LogP contribution in [0.15, 0.2) is 12.5 Å². The molecule has 6 nitrogen and oxygen atoms in total. The van der Waals surface area contributed by atoms with Crippen molar-refractivity contribution in [2.24, 2.45) is 5.92 Å². The topological polar surface area (TPSA) is 68.2 Å². The fourth-order valence-electron chi connectivity index (χ4n) is 2.59. The lowest BCUT2D eigenvalue weighted by Crippen LogP contribution is -2.45. The first-order valence-corrected chi connectivity index (χ1v) is 8.58. The van der Waals surface area contributed by atoms with Crippen molar-refractivity contribution in [3.8, 4) is 0 Å². The van der Waals surface area contributed by atoms with Crippen LogP contribution in [0.4, 0.5) is 4.79 Å². The first-order chi connectivity index (χ1) is 10.9. The van der Waals surface area contributed by atoms with Gasteiger partial charge in [0.1, 0.15) is 5.60 Å². The fourth-order valence-corrected chi connectivity index (χ4v) is 2.59. The third kappa shape index (κ3) is 6.22. The number of amides is 1. The van der Waals surface area contributed by atoms with E-state index in [2.05, 4.69) is 27.1 Å². The van der Waals surface area contributed by atoms with Crippen LogP contribution >= 0.6 is 0 Å². The number of aryl methyl sites for hydroxylation is 1. The molecule has 0 radical (unpaired) electrons. The molecule has 0 aliphatic heterocycles. The van der Waals surface area contributed by atoms with Crippen molar-refractivity contribution in [2.75, 3.05) is 6.54 Å². The van der Waals surface area contributed by atoms with E-state index in [1.807, 2.05) is 33.3 Å². The van der Waals surface area contributed by atoms with Crippen LogP contribution in [0, 0.1) is 5.92 Å². The van der Waals surface area contributed by atoms with E-state index >= 15 is 0 Å². The second kappa shape index (κ2) is 7.81. The molecule has 1 unspecified atom stereocenters. The Morgan fingerprint density at radius 2 is 2.22 bits per heavy atom. The van der Waals surface area contributed by atoms with Crippen LogP contribution < -0.4 is 10.6 Å². The molecule has 0 saturated heterocycles. The van der Waals surface area contributed by atoms with Gasteiger partial charge in [0, 0.05) is 31.9 Å². The van der Waals surface area contributed by atoms with Gasteiger partial charge in [0.25, 0.3) is 0 Å². The standard InChI is InChI=1S/C17H30N4O2/c1-5-8-21-12-19-10-14(21)9-18-11-15(13-6-7-13)20-16(22)23-17(2,3)4/h10,12-13,15,18H,5-9,11H2,1-4H3,(H,20,22). The predicted molar refractivity (Wildman–Crippen MR) is 90.1 cm³/mol. The van der Waals surface area contributed by atoms with Gasteiger partial charge >= 0.3 is 6.09 Å². The summed E-state index contributed by atoms with van der Waals surface area (Å²) in [4.78, 5) is 16.2. The van der Waals surface area contributed by atoms with Gasteiger partial charge in [-0.1, -0.05) is 6.92 Å². The number of alkyl carbamates (subject to hydrolysis) is 1. The Hall–Kier alpha value is -1.56. The normalized spacial score (nSPS) is 16.2. The highest BCUT2D eigenvalue weighted by molar-refractivity contribution is 5.68. The lowest BCUT2D eigenvalue weighted by molar-refractivity contribution is 0.0497. The average molecular weight is 322 g/mol. The van der Waals surface area contributed by atoms with Gasteiger partial charge in [-0.3, -0.25) is 0 Å². The van der Waals surface area contributed by atoms with E-state index < -0.39 is 5.60 Å². The van der Waals surface area contributed by atoms with E-state index in [0.717, 1.165) is 26.1 Å². The molecule has 1 heterocycles. The van der Waals surface area contributed by atoms with E-state index in [-0.39, 0.29) is 12.1 Å². The molecule has 2 N–H and O–H groups in total. The Morgan fingerprint density at radius 1 is 1.48 bits per heavy atom. The van der Waals surface area contributed by atoms with Gasteiger partial charge in [0.2, 0.25) is 0 Å². The van der Waals surface area contributed by atoms with Crippen LogP contribution in [0.1, 0.15) is 52.7 Å². The van der Waals surface area contributed by atoms with Gasteiger partial charge in [-0.2, -0.15) is 0 Å². The van der Waals surface area contributed by atoms with Gasteiger partial charge in [-0.15, -0.1) is 0 Å². The van der Waals surface area contributed by atoms with E-state index in [9.17, 15) is 4.79 Å². The summed E-state index contributed by atoms with van der Waals surface area (Å²) in [6, 6.07) is 0.132. The fraction of sp³-hybridized carbons (Fsp3) is 0.765. The summed E-state index contributed by atoms with van der Waals surface area (Å²) in [5.41, 5.74) is 0.719. The molecule has 23 heavy (non-hydrogen) atoms. The van der Waals surface area contributed by atoms with Crippen molar-refractivity contribution in [2.45, 2.75) is 71.7 Å². The summed E-state index contributed by atoms with van der Waals surface area (Å²) in [7, 11) is 0. The summed E-state index contributed by atoms with van der Waals surface area (Å²) in [6.45, 7) is 10.3. The third-order valence-corrected chi connectivity index (χ3v) is 3.83. The molecule has 1 aromatic heterocycles. The number of hydrogen-bond acceptors (Lipinski definition) is 4. The van der Waals surface area contributed by atoms with Crippen LogP contribution in [0.25, 0.3) is 0 Å². The third-order valence-electron chi connectivity index (χ3n) is 3.83. The van der Waals surface area contributed by atoms with Crippen LogP contribution in [-0.4, -0.2) is 33.8 Å². The van der Waals surface area contributed by atoms with E-state index in [0.29, 0.717) is 5.92 Å². The van der Waals surface area contributed by atoms with Gasteiger partial charge in [-0.05, 0) is 46.0 Å². The summed E-state index contributed by atoms with van der Waals surface area (Å²) < 4.78 is 7.52. The van der Waals surface area contributed by atoms with Crippen LogP contribution in [0.3, 0.4) is 0 Å². The molecule has 0 aromatic carbocycles. The first kappa shape index (κ1) is 17.8. The molecule has 1 saturated carbocycles. The Morgan fingerprint density at radius 3 is 2.83 bits per heavy atom. The second-order valence-electron chi connectivity index (χ2n) is 7.30. The van der Waals surface area contributed by atoms with Crippen LogP contribution in [-0.2, 0) is 17.8 Å². The number of aromatic nitrogens is 2. The van der Waals surface area contributed by atoms with Gasteiger partial charge in [-0.25, -0.2) is 9.78 Å². The first-order valence-electron chi connectivity index (χ1n) is 8.58. The summed E-state index contributed by atoms with van der Waals surface area (Å²) >= 11 is 0. The van der Waals surface area contributed by atoms with E-state index in [1.165, 1.54) is 18.5 Å². The van der Waals surface area contributed by atoms with Crippen molar-refractivity contribution >= 4 is 6.09 Å². The number of imidazole rings is 1. The van der Waals surface area contributed by atoms with Crippen LogP contribution in [0.2, 0.25) is 0 Å². The molecule has 1 aliphatic rings. The number of rotatable bonds is 8. The highest BCUT2D eigenvalue weighted by atomic mass is 16.6. The zero-order chi connectivity index (χ0) is 16.9. The number of nitrogens with one attached hydrogen (secondary N) is 2. The molecule has 1 atom stereocenters. The molecular formula is C17H30N4O2. The molecule has 0 spiro atoms. The zero-order valence-corrected chi connectivity index (χ0v) is 14.8. The number of nitrogens with zero attached hydrogens (tertiary/aromatic N) is 2. The summed E-state index contributed by atoms with van der Waals surface area (Å²) in [5.74, 6) is 0.565. The minimum absolute atomic E-state index is 0.132. The average Bonchev–Trinajstić information content (AvgIpc) is 3.19. The van der Waals surface area contributed by atoms with Gasteiger partial charge < -0.3 is 19.9 Å². The van der Waals surface area contributed by atoms with Crippen molar-refractivity contribution < 1.29 is 9.53 Å². The maximum absolute atomic E-state index is 12.0. The maximum atomic E-state index is 12.0. The largest absolute Gasteiger partial charge is 0.444 e. The lowest BCUT2D eigenvalue weighted by atomic mass is 10.2. The molecule has 1 aromatic rings. The molecule has 6 heteroatoms. The van der Waals surface area contributed by atoms with Crippen molar-refractivity contribution in [3.63, 3.8) is 0 Å². The number of ether oxygens (including phenoxy) is 1. The van der Waals surface area contributed by atoms with Gasteiger partial charge in [0.05, 0.1) is 12.0 Å². The Kier molecular flexibility index (Phi) is 6.04. The van der Waals surface area contributed by atoms with Gasteiger partial charge in [0.15, 0.2) is 0 Å². The zero-order valence-electron chi connectivity index (χ0n) is 14.8. The minimum Gasteiger partial charge on any atom is -0.444 e.